The first kappa shape index (κ1) is 21.7. The maximum absolute atomic E-state index is 12.7. The molecule has 0 atom stereocenters. The lowest BCUT2D eigenvalue weighted by atomic mass is 10.1. The molecule has 176 valence electrons. The van der Waals surface area contributed by atoms with Gasteiger partial charge in [-0.1, -0.05) is 36.4 Å². The van der Waals surface area contributed by atoms with E-state index in [4.69, 9.17) is 4.98 Å². The van der Waals surface area contributed by atoms with Gasteiger partial charge in [0.05, 0.1) is 17.8 Å². The normalized spacial score (nSPS) is 13.5. The summed E-state index contributed by atoms with van der Waals surface area (Å²) < 4.78 is 0. The van der Waals surface area contributed by atoms with E-state index < -0.39 is 0 Å². The molecule has 1 aliphatic carbocycles. The largest absolute Gasteiger partial charge is 0.324 e. The van der Waals surface area contributed by atoms with Crippen molar-refractivity contribution in [1.82, 2.24) is 9.97 Å². The zero-order valence-corrected chi connectivity index (χ0v) is 19.7. The third-order valence-corrected chi connectivity index (χ3v) is 6.54. The SMILES string of the molecule is CN1C(=O)Cc2cnc(Nc3ccc(C(=O)Nc4ccc5c(c4)C=CC5)cc3)nc2-c2ccccc21. The molecule has 2 amide bonds. The summed E-state index contributed by atoms with van der Waals surface area (Å²) >= 11 is 0. The minimum absolute atomic E-state index is 0.00396. The van der Waals surface area contributed by atoms with Crippen LogP contribution in [0.15, 0.2) is 79.0 Å². The van der Waals surface area contributed by atoms with Crippen molar-refractivity contribution in [2.75, 3.05) is 22.6 Å². The van der Waals surface area contributed by atoms with Crippen molar-refractivity contribution >= 4 is 40.9 Å². The zero-order valence-electron chi connectivity index (χ0n) is 19.7. The molecule has 3 aromatic carbocycles. The van der Waals surface area contributed by atoms with Crippen LogP contribution in [0.3, 0.4) is 0 Å². The van der Waals surface area contributed by atoms with Crippen LogP contribution in [-0.2, 0) is 17.6 Å². The standard InChI is InChI=1S/C29H23N5O2/c1-34-25-8-3-2-7-24(25)27-21(16-26(34)35)17-30-29(33-27)32-22-12-10-19(11-13-22)28(36)31-23-14-9-18-5-4-6-20(18)15-23/h2-4,6-15,17H,5,16H2,1H3,(H,31,36)(H,30,32,33). The molecule has 0 fully saturated rings. The summed E-state index contributed by atoms with van der Waals surface area (Å²) in [7, 11) is 1.78. The number of hydrogen-bond donors (Lipinski definition) is 2. The Bertz CT molecular complexity index is 1540. The molecule has 36 heavy (non-hydrogen) atoms. The molecule has 0 radical (unpaired) electrons. The van der Waals surface area contributed by atoms with Crippen molar-refractivity contribution in [1.29, 1.82) is 0 Å². The second kappa shape index (κ2) is 8.78. The Morgan fingerprint density at radius 1 is 0.972 bits per heavy atom. The van der Waals surface area contributed by atoms with Gasteiger partial charge in [-0.05, 0) is 60.0 Å². The number of aromatic nitrogens is 2. The highest BCUT2D eigenvalue weighted by molar-refractivity contribution is 6.04. The van der Waals surface area contributed by atoms with Gasteiger partial charge in [0.25, 0.3) is 5.91 Å². The van der Waals surface area contributed by atoms with Gasteiger partial charge in [-0.15, -0.1) is 0 Å². The van der Waals surface area contributed by atoms with Crippen LogP contribution in [0.25, 0.3) is 17.3 Å². The maximum atomic E-state index is 12.7. The molecule has 7 heteroatoms. The van der Waals surface area contributed by atoms with Gasteiger partial charge >= 0.3 is 0 Å². The number of hydrogen-bond acceptors (Lipinski definition) is 5. The number of likely N-dealkylation sites (N-methyl/N-ethyl adjacent to an activating group) is 1. The number of anilines is 4. The molecule has 0 saturated heterocycles. The number of nitrogens with zero attached hydrogens (tertiary/aromatic N) is 3. The highest BCUT2D eigenvalue weighted by Crippen LogP contribution is 2.35. The van der Waals surface area contributed by atoms with E-state index in [1.165, 1.54) is 5.56 Å². The molecule has 0 unspecified atom stereocenters. The van der Waals surface area contributed by atoms with Crippen molar-refractivity contribution in [2.45, 2.75) is 12.8 Å². The molecule has 2 aliphatic rings. The Hall–Kier alpha value is -4.78. The number of fused-ring (bicyclic) bond motifs is 4. The van der Waals surface area contributed by atoms with E-state index in [9.17, 15) is 9.59 Å². The Kier molecular flexibility index (Phi) is 5.30. The monoisotopic (exact) mass is 473 g/mol. The van der Waals surface area contributed by atoms with Gasteiger partial charge in [0.1, 0.15) is 0 Å². The predicted octanol–water partition coefficient (Wildman–Crippen LogP) is 5.23. The molecule has 2 heterocycles. The fourth-order valence-electron chi connectivity index (χ4n) is 4.58. The van der Waals surface area contributed by atoms with Crippen LogP contribution in [0, 0.1) is 0 Å². The van der Waals surface area contributed by atoms with E-state index in [2.05, 4.69) is 27.8 Å². The van der Waals surface area contributed by atoms with Crippen LogP contribution in [0.2, 0.25) is 0 Å². The highest BCUT2D eigenvalue weighted by atomic mass is 16.2. The Morgan fingerprint density at radius 3 is 2.64 bits per heavy atom. The van der Waals surface area contributed by atoms with Crippen LogP contribution in [0.5, 0.6) is 0 Å². The predicted molar refractivity (Wildman–Crippen MR) is 141 cm³/mol. The quantitative estimate of drug-likeness (QED) is 0.424. The molecule has 0 saturated carbocycles. The molecule has 2 N–H and O–H groups in total. The molecule has 7 nitrogen and oxygen atoms in total. The van der Waals surface area contributed by atoms with Crippen LogP contribution < -0.4 is 15.5 Å². The topological polar surface area (TPSA) is 87.2 Å². The summed E-state index contributed by atoms with van der Waals surface area (Å²) in [5.74, 6) is 0.245. The van der Waals surface area contributed by atoms with E-state index in [0.29, 0.717) is 11.5 Å². The maximum Gasteiger partial charge on any atom is 0.255 e. The number of benzene rings is 3. The Balaban J connectivity index is 1.20. The van der Waals surface area contributed by atoms with Gasteiger partial charge in [-0.25, -0.2) is 9.97 Å². The highest BCUT2D eigenvalue weighted by Gasteiger charge is 2.24. The molecule has 1 aromatic heterocycles. The summed E-state index contributed by atoms with van der Waals surface area (Å²) in [6.07, 6.45) is 7.07. The fraction of sp³-hybridized carbons (Fsp3) is 0.103. The lowest BCUT2D eigenvalue weighted by Gasteiger charge is -2.16. The molecule has 0 bridgehead atoms. The van der Waals surface area contributed by atoms with E-state index >= 15 is 0 Å². The van der Waals surface area contributed by atoms with Crippen molar-refractivity contribution in [3.05, 3.63) is 101 Å². The van der Waals surface area contributed by atoms with Crippen LogP contribution in [0.4, 0.5) is 23.0 Å². The van der Waals surface area contributed by atoms with Crippen molar-refractivity contribution in [2.24, 2.45) is 0 Å². The van der Waals surface area contributed by atoms with E-state index in [0.717, 1.165) is 45.9 Å². The second-order valence-electron chi connectivity index (χ2n) is 8.89. The first-order chi connectivity index (χ1) is 17.5. The van der Waals surface area contributed by atoms with E-state index in [1.807, 2.05) is 54.6 Å². The Labute approximate surface area is 208 Å². The Morgan fingerprint density at radius 2 is 1.78 bits per heavy atom. The average molecular weight is 474 g/mol. The first-order valence-electron chi connectivity index (χ1n) is 11.7. The van der Waals surface area contributed by atoms with Crippen LogP contribution in [-0.4, -0.2) is 28.8 Å². The number of carbonyl (C=O) groups is 2. The summed E-state index contributed by atoms with van der Waals surface area (Å²) in [6, 6.07) is 20.9. The average Bonchev–Trinajstić information content (AvgIpc) is 3.34. The van der Waals surface area contributed by atoms with Crippen molar-refractivity contribution < 1.29 is 9.59 Å². The van der Waals surface area contributed by atoms with Crippen molar-refractivity contribution in [3.63, 3.8) is 0 Å². The zero-order chi connectivity index (χ0) is 24.6. The van der Waals surface area contributed by atoms with Gasteiger partial charge < -0.3 is 15.5 Å². The number of rotatable bonds is 4. The van der Waals surface area contributed by atoms with Gasteiger partial charge in [0.2, 0.25) is 11.9 Å². The molecule has 0 spiro atoms. The number of allylic oxidation sites excluding steroid dienone is 1. The number of amides is 2. The molecule has 6 rings (SSSR count). The summed E-state index contributed by atoms with van der Waals surface area (Å²) in [6.45, 7) is 0. The molecule has 4 aromatic rings. The molecule has 1 aliphatic heterocycles. The minimum Gasteiger partial charge on any atom is -0.324 e. The van der Waals surface area contributed by atoms with Crippen molar-refractivity contribution in [3.8, 4) is 11.3 Å². The van der Waals surface area contributed by atoms with Crippen LogP contribution >= 0.6 is 0 Å². The van der Waals surface area contributed by atoms with Gasteiger partial charge in [-0.2, -0.15) is 0 Å². The first-order valence-corrected chi connectivity index (χ1v) is 11.7. The minimum atomic E-state index is -0.171. The number of para-hydroxylation sites is 1. The number of carbonyl (C=O) groups excluding carboxylic acids is 2. The van der Waals surface area contributed by atoms with Gasteiger partial charge in [0.15, 0.2) is 0 Å². The lowest BCUT2D eigenvalue weighted by molar-refractivity contribution is -0.117. The third kappa shape index (κ3) is 4.01. The summed E-state index contributed by atoms with van der Waals surface area (Å²) in [5.41, 5.74) is 7.73. The molecular weight excluding hydrogens is 450 g/mol. The smallest absolute Gasteiger partial charge is 0.255 e. The van der Waals surface area contributed by atoms with Crippen LogP contribution in [0.1, 0.15) is 27.0 Å². The molecular formula is C29H23N5O2. The van der Waals surface area contributed by atoms with Gasteiger partial charge in [-0.3, -0.25) is 9.59 Å². The number of nitrogens with one attached hydrogen (secondary N) is 2. The third-order valence-electron chi connectivity index (χ3n) is 6.54. The van der Waals surface area contributed by atoms with E-state index in [-0.39, 0.29) is 18.2 Å². The fourth-order valence-corrected chi connectivity index (χ4v) is 4.58. The van der Waals surface area contributed by atoms with Gasteiger partial charge in [0, 0.05) is 41.3 Å². The lowest BCUT2D eigenvalue weighted by Crippen LogP contribution is -2.26. The second-order valence-corrected chi connectivity index (χ2v) is 8.89. The summed E-state index contributed by atoms with van der Waals surface area (Å²) in [5, 5.41) is 6.18. The van der Waals surface area contributed by atoms with E-state index in [1.54, 1.807) is 30.3 Å². The summed E-state index contributed by atoms with van der Waals surface area (Å²) in [4.78, 5) is 36.1.